The van der Waals surface area contributed by atoms with Gasteiger partial charge in [-0.3, -0.25) is 0 Å². The quantitative estimate of drug-likeness (QED) is 0.748. The first kappa shape index (κ1) is 14.3. The maximum atomic E-state index is 9.89. The van der Waals surface area contributed by atoms with Gasteiger partial charge in [0.1, 0.15) is 0 Å². The number of benzene rings is 1. The number of nitrogens with two attached hydrogens (primary N) is 1. The summed E-state index contributed by atoms with van der Waals surface area (Å²) in [6.07, 6.45) is 0.423. The summed E-state index contributed by atoms with van der Waals surface area (Å²) in [5.74, 6) is 0. The third kappa shape index (κ3) is 5.41. The molecule has 1 unspecified atom stereocenters. The van der Waals surface area contributed by atoms with Gasteiger partial charge >= 0.3 is 0 Å². The molecule has 1 aromatic rings. The van der Waals surface area contributed by atoms with Crippen LogP contribution < -0.4 is 11.1 Å². The van der Waals surface area contributed by atoms with E-state index in [9.17, 15) is 5.11 Å². The molecule has 3 nitrogen and oxygen atoms in total. The van der Waals surface area contributed by atoms with Crippen LogP contribution in [0.25, 0.3) is 0 Å². The third-order valence-electron chi connectivity index (χ3n) is 2.37. The fourth-order valence-electron chi connectivity index (χ4n) is 1.68. The summed E-state index contributed by atoms with van der Waals surface area (Å²) in [5, 5.41) is 13.1. The van der Waals surface area contributed by atoms with E-state index < -0.39 is 0 Å². The summed E-state index contributed by atoms with van der Waals surface area (Å²) < 4.78 is 0.917. The summed E-state index contributed by atoms with van der Waals surface area (Å²) in [6.45, 7) is 6.90. The monoisotopic (exact) mass is 300 g/mol. The number of aliphatic hydroxyl groups excluding tert-OH is 1. The molecule has 0 saturated carbocycles. The van der Waals surface area contributed by atoms with Crippen molar-refractivity contribution in [3.05, 3.63) is 22.7 Å². The summed E-state index contributed by atoms with van der Waals surface area (Å²) in [4.78, 5) is 0. The van der Waals surface area contributed by atoms with Crippen molar-refractivity contribution in [2.24, 2.45) is 5.41 Å². The van der Waals surface area contributed by atoms with Gasteiger partial charge in [0.15, 0.2) is 0 Å². The van der Waals surface area contributed by atoms with Gasteiger partial charge in [-0.25, -0.2) is 0 Å². The standard InChI is InChI=1S/C13H21BrN2O/c1-13(2,3)7-10(17)8-16-12-5-4-9(15)6-11(12)14/h4-6,10,16-17H,7-8,15H2,1-3H3. The second-order valence-electron chi connectivity index (χ2n) is 5.54. The SMILES string of the molecule is CC(C)(C)CC(O)CNc1ccc(N)cc1Br. The maximum Gasteiger partial charge on any atom is 0.0717 e. The summed E-state index contributed by atoms with van der Waals surface area (Å²) in [6, 6.07) is 5.59. The Morgan fingerprint density at radius 3 is 2.59 bits per heavy atom. The predicted molar refractivity (Wildman–Crippen MR) is 77.1 cm³/mol. The highest BCUT2D eigenvalue weighted by Crippen LogP contribution is 2.25. The van der Waals surface area contributed by atoms with Crippen LogP contribution in [0, 0.1) is 5.41 Å². The first-order chi connectivity index (χ1) is 7.78. The van der Waals surface area contributed by atoms with Crippen molar-refractivity contribution in [1.29, 1.82) is 0 Å². The first-order valence-electron chi connectivity index (χ1n) is 5.75. The Morgan fingerprint density at radius 1 is 1.41 bits per heavy atom. The normalized spacial score (nSPS) is 13.5. The lowest BCUT2D eigenvalue weighted by Crippen LogP contribution is -2.25. The number of rotatable bonds is 4. The second-order valence-corrected chi connectivity index (χ2v) is 6.39. The van der Waals surface area contributed by atoms with Gasteiger partial charge < -0.3 is 16.2 Å². The van der Waals surface area contributed by atoms with Gasteiger partial charge in [-0.05, 0) is 46.0 Å². The van der Waals surface area contributed by atoms with Gasteiger partial charge in [0.2, 0.25) is 0 Å². The Morgan fingerprint density at radius 2 is 2.06 bits per heavy atom. The second kappa shape index (κ2) is 5.74. The Labute approximate surface area is 112 Å². The molecule has 4 heteroatoms. The van der Waals surface area contributed by atoms with Crippen molar-refractivity contribution in [2.75, 3.05) is 17.6 Å². The molecule has 0 heterocycles. The highest BCUT2D eigenvalue weighted by molar-refractivity contribution is 9.10. The number of hydrogen-bond acceptors (Lipinski definition) is 3. The van der Waals surface area contributed by atoms with Crippen LogP contribution in [0.2, 0.25) is 0 Å². The molecule has 0 bridgehead atoms. The van der Waals surface area contributed by atoms with E-state index in [-0.39, 0.29) is 11.5 Å². The van der Waals surface area contributed by atoms with Gasteiger partial charge in [-0.1, -0.05) is 20.8 Å². The minimum Gasteiger partial charge on any atom is -0.399 e. The molecule has 0 amide bonds. The first-order valence-corrected chi connectivity index (χ1v) is 6.54. The van der Waals surface area contributed by atoms with E-state index in [0.717, 1.165) is 22.3 Å². The Kier molecular flexibility index (Phi) is 4.83. The average Bonchev–Trinajstić information content (AvgIpc) is 2.13. The molecule has 96 valence electrons. The lowest BCUT2D eigenvalue weighted by atomic mass is 9.89. The summed E-state index contributed by atoms with van der Waals surface area (Å²) >= 11 is 3.43. The lowest BCUT2D eigenvalue weighted by molar-refractivity contribution is 0.132. The Hall–Kier alpha value is -0.740. The van der Waals surface area contributed by atoms with Crippen LogP contribution in [0.15, 0.2) is 22.7 Å². The summed E-state index contributed by atoms with van der Waals surface area (Å²) in [7, 11) is 0. The zero-order valence-electron chi connectivity index (χ0n) is 10.6. The molecule has 0 spiro atoms. The highest BCUT2D eigenvalue weighted by Gasteiger charge is 2.16. The highest BCUT2D eigenvalue weighted by atomic mass is 79.9. The van der Waals surface area contributed by atoms with Crippen molar-refractivity contribution in [3.8, 4) is 0 Å². The fourth-order valence-corrected chi connectivity index (χ4v) is 2.22. The molecule has 0 saturated heterocycles. The van der Waals surface area contributed by atoms with Crippen molar-refractivity contribution >= 4 is 27.3 Å². The zero-order valence-corrected chi connectivity index (χ0v) is 12.2. The smallest absolute Gasteiger partial charge is 0.0717 e. The van der Waals surface area contributed by atoms with Gasteiger partial charge in [0.25, 0.3) is 0 Å². The minimum absolute atomic E-state index is 0.138. The van der Waals surface area contributed by atoms with E-state index >= 15 is 0 Å². The molecular formula is C13H21BrN2O. The minimum atomic E-state index is -0.348. The van der Waals surface area contributed by atoms with Crippen LogP contribution in [0.4, 0.5) is 11.4 Å². The van der Waals surface area contributed by atoms with Crippen LogP contribution in [0.5, 0.6) is 0 Å². The fraction of sp³-hybridized carbons (Fsp3) is 0.538. The number of halogens is 1. The molecule has 0 aliphatic heterocycles. The van der Waals surface area contributed by atoms with E-state index in [4.69, 9.17) is 5.73 Å². The molecule has 0 aliphatic carbocycles. The average molecular weight is 301 g/mol. The third-order valence-corrected chi connectivity index (χ3v) is 3.03. The molecule has 0 aromatic heterocycles. The van der Waals surface area contributed by atoms with Crippen molar-refractivity contribution < 1.29 is 5.11 Å². The number of hydrogen-bond donors (Lipinski definition) is 3. The molecule has 0 aliphatic rings. The molecule has 1 atom stereocenters. The number of aliphatic hydroxyl groups is 1. The molecule has 0 fully saturated rings. The lowest BCUT2D eigenvalue weighted by Gasteiger charge is -2.23. The molecule has 1 rings (SSSR count). The molecular weight excluding hydrogens is 280 g/mol. The van der Waals surface area contributed by atoms with Crippen molar-refractivity contribution in [1.82, 2.24) is 0 Å². The van der Waals surface area contributed by atoms with Crippen LogP contribution in [-0.2, 0) is 0 Å². The Bertz CT molecular complexity index is 374. The topological polar surface area (TPSA) is 58.3 Å². The van der Waals surface area contributed by atoms with E-state index in [0.29, 0.717) is 6.54 Å². The van der Waals surface area contributed by atoms with Crippen molar-refractivity contribution in [3.63, 3.8) is 0 Å². The predicted octanol–water partition coefficient (Wildman–Crippen LogP) is 3.24. The molecule has 1 aromatic carbocycles. The van der Waals surface area contributed by atoms with E-state index in [2.05, 4.69) is 42.0 Å². The van der Waals surface area contributed by atoms with E-state index in [1.807, 2.05) is 18.2 Å². The largest absolute Gasteiger partial charge is 0.399 e. The number of anilines is 2. The number of nitrogen functional groups attached to an aromatic ring is 1. The van der Waals surface area contributed by atoms with Crippen LogP contribution in [0.1, 0.15) is 27.2 Å². The molecule has 4 N–H and O–H groups in total. The van der Waals surface area contributed by atoms with Crippen LogP contribution in [0.3, 0.4) is 0 Å². The zero-order chi connectivity index (χ0) is 13.1. The van der Waals surface area contributed by atoms with Crippen LogP contribution in [-0.4, -0.2) is 17.8 Å². The molecule has 17 heavy (non-hydrogen) atoms. The van der Waals surface area contributed by atoms with Gasteiger partial charge in [0, 0.05) is 22.4 Å². The van der Waals surface area contributed by atoms with Crippen LogP contribution >= 0.6 is 15.9 Å². The van der Waals surface area contributed by atoms with E-state index in [1.54, 1.807) is 0 Å². The van der Waals surface area contributed by atoms with E-state index in [1.165, 1.54) is 0 Å². The Balaban J connectivity index is 2.50. The molecule has 0 radical (unpaired) electrons. The van der Waals surface area contributed by atoms with Gasteiger partial charge in [0.05, 0.1) is 6.10 Å². The van der Waals surface area contributed by atoms with Gasteiger partial charge in [-0.15, -0.1) is 0 Å². The maximum absolute atomic E-state index is 9.89. The van der Waals surface area contributed by atoms with Gasteiger partial charge in [-0.2, -0.15) is 0 Å². The van der Waals surface area contributed by atoms with Crippen molar-refractivity contribution in [2.45, 2.75) is 33.3 Å². The summed E-state index contributed by atoms with van der Waals surface area (Å²) in [5.41, 5.74) is 7.47. The number of nitrogens with one attached hydrogen (secondary N) is 1.